The number of aromatic nitrogens is 1. The highest BCUT2D eigenvalue weighted by molar-refractivity contribution is 5.96. The first-order chi connectivity index (χ1) is 10.2. The van der Waals surface area contributed by atoms with Gasteiger partial charge in [0.25, 0.3) is 0 Å². The minimum absolute atomic E-state index is 0.143. The molecule has 4 heteroatoms. The molecule has 0 amide bonds. The number of fused-ring (bicyclic) bond motifs is 1. The lowest BCUT2D eigenvalue weighted by atomic mass is 10.2. The van der Waals surface area contributed by atoms with Crippen molar-refractivity contribution in [3.05, 3.63) is 48.2 Å². The topological polar surface area (TPSA) is 43.6 Å². The molecule has 0 unspecified atom stereocenters. The number of hydrogen-bond donors (Lipinski definition) is 1. The van der Waals surface area contributed by atoms with Crippen molar-refractivity contribution in [1.82, 2.24) is 4.57 Å². The number of aryl methyl sites for hydroxylation is 1. The average Bonchev–Trinajstić information content (AvgIpc) is 2.84. The summed E-state index contributed by atoms with van der Waals surface area (Å²) in [5.41, 5.74) is 2.07. The Morgan fingerprint density at radius 3 is 2.29 bits per heavy atom. The summed E-state index contributed by atoms with van der Waals surface area (Å²) >= 11 is 0. The molecule has 1 N–H and O–H groups in total. The zero-order chi connectivity index (χ0) is 15.0. The number of ether oxygens (including phenoxy) is 2. The molecule has 1 aromatic heterocycles. The van der Waals surface area contributed by atoms with Gasteiger partial charge in [0.1, 0.15) is 0 Å². The van der Waals surface area contributed by atoms with E-state index < -0.39 is 0 Å². The van der Waals surface area contributed by atoms with Crippen LogP contribution < -0.4 is 9.47 Å². The molecule has 108 valence electrons. The Hall–Kier alpha value is -2.62. The highest BCUT2D eigenvalue weighted by atomic mass is 16.5. The molecule has 2 aromatic carbocycles. The van der Waals surface area contributed by atoms with E-state index in [9.17, 15) is 5.11 Å². The second-order valence-corrected chi connectivity index (χ2v) is 4.92. The van der Waals surface area contributed by atoms with Crippen molar-refractivity contribution < 1.29 is 14.6 Å². The van der Waals surface area contributed by atoms with Crippen molar-refractivity contribution in [2.24, 2.45) is 0 Å². The number of hydrogen-bond acceptors (Lipinski definition) is 3. The zero-order valence-corrected chi connectivity index (χ0v) is 12.3. The summed E-state index contributed by atoms with van der Waals surface area (Å²) in [5, 5.41) is 12.1. The largest absolute Gasteiger partial charge is 0.494 e. The third kappa shape index (κ3) is 2.09. The van der Waals surface area contributed by atoms with Crippen LogP contribution in [-0.4, -0.2) is 23.9 Å². The van der Waals surface area contributed by atoms with Gasteiger partial charge in [-0.2, -0.15) is 0 Å². The molecule has 0 aliphatic heterocycles. The Bertz CT molecular complexity index is 788. The molecule has 4 nitrogen and oxygen atoms in total. The van der Waals surface area contributed by atoms with Crippen molar-refractivity contribution in [2.45, 2.75) is 6.92 Å². The number of rotatable bonds is 3. The van der Waals surface area contributed by atoms with Gasteiger partial charge < -0.3 is 14.6 Å². The van der Waals surface area contributed by atoms with Gasteiger partial charge in [0.05, 0.1) is 19.6 Å². The van der Waals surface area contributed by atoms with E-state index in [1.165, 1.54) is 5.56 Å². The summed E-state index contributed by atoms with van der Waals surface area (Å²) in [6, 6.07) is 11.7. The fourth-order valence-electron chi connectivity index (χ4n) is 2.50. The number of methoxy groups -OCH3 is 2. The Labute approximate surface area is 123 Å². The van der Waals surface area contributed by atoms with E-state index in [-0.39, 0.29) is 5.88 Å². The standard InChI is InChI=1S/C17H17NO3/c1-11-4-7-13(8-5-11)18-10-12-6-9-14(20-2)16(21-3)15(12)17(18)19/h4-10,19H,1-3H3. The molecular weight excluding hydrogens is 266 g/mol. The first kappa shape index (κ1) is 13.4. The molecule has 0 aliphatic rings. The molecule has 21 heavy (non-hydrogen) atoms. The van der Waals surface area contributed by atoms with Gasteiger partial charge >= 0.3 is 0 Å². The van der Waals surface area contributed by atoms with Gasteiger partial charge in [-0.15, -0.1) is 0 Å². The second kappa shape index (κ2) is 5.05. The molecule has 0 radical (unpaired) electrons. The minimum Gasteiger partial charge on any atom is -0.494 e. The van der Waals surface area contributed by atoms with Crippen LogP contribution in [0, 0.1) is 6.92 Å². The van der Waals surface area contributed by atoms with E-state index in [1.807, 2.05) is 49.5 Å². The van der Waals surface area contributed by atoms with Crippen molar-refractivity contribution in [2.75, 3.05) is 14.2 Å². The van der Waals surface area contributed by atoms with Crippen molar-refractivity contribution in [1.29, 1.82) is 0 Å². The molecule has 0 bridgehead atoms. The molecule has 3 aromatic rings. The van der Waals surface area contributed by atoms with E-state index in [0.717, 1.165) is 11.1 Å². The maximum absolute atomic E-state index is 10.6. The molecule has 0 atom stereocenters. The molecule has 0 saturated carbocycles. The predicted molar refractivity (Wildman–Crippen MR) is 82.8 cm³/mol. The Morgan fingerprint density at radius 1 is 0.952 bits per heavy atom. The molecular formula is C17H17NO3. The van der Waals surface area contributed by atoms with E-state index in [2.05, 4.69) is 0 Å². The lowest BCUT2D eigenvalue weighted by Crippen LogP contribution is -1.92. The minimum atomic E-state index is 0.143. The predicted octanol–water partition coefficient (Wildman–Crippen LogP) is 3.66. The maximum atomic E-state index is 10.6. The van der Waals surface area contributed by atoms with Crippen molar-refractivity contribution in [3.8, 4) is 23.1 Å². The van der Waals surface area contributed by atoms with Gasteiger partial charge in [0.15, 0.2) is 11.5 Å². The normalized spacial score (nSPS) is 10.8. The van der Waals surface area contributed by atoms with E-state index in [0.29, 0.717) is 16.9 Å². The monoisotopic (exact) mass is 283 g/mol. The Balaban J connectivity index is 2.27. The first-order valence-corrected chi connectivity index (χ1v) is 6.67. The molecule has 0 saturated heterocycles. The van der Waals surface area contributed by atoms with Gasteiger partial charge in [0, 0.05) is 17.3 Å². The van der Waals surface area contributed by atoms with Crippen LogP contribution in [-0.2, 0) is 0 Å². The van der Waals surface area contributed by atoms with E-state index in [1.54, 1.807) is 18.8 Å². The zero-order valence-electron chi connectivity index (χ0n) is 12.3. The number of nitrogens with zero attached hydrogens (tertiary/aromatic N) is 1. The highest BCUT2D eigenvalue weighted by Crippen LogP contribution is 2.42. The third-order valence-corrected chi connectivity index (χ3v) is 3.61. The van der Waals surface area contributed by atoms with Crippen LogP contribution in [0.15, 0.2) is 42.6 Å². The van der Waals surface area contributed by atoms with E-state index >= 15 is 0 Å². The van der Waals surface area contributed by atoms with Gasteiger partial charge in [-0.25, -0.2) is 0 Å². The Morgan fingerprint density at radius 2 is 1.67 bits per heavy atom. The maximum Gasteiger partial charge on any atom is 0.207 e. The first-order valence-electron chi connectivity index (χ1n) is 6.67. The molecule has 0 aliphatic carbocycles. The Kier molecular flexibility index (Phi) is 3.22. The van der Waals surface area contributed by atoms with Crippen LogP contribution in [0.1, 0.15) is 5.56 Å². The lowest BCUT2D eigenvalue weighted by molar-refractivity contribution is 0.357. The summed E-state index contributed by atoms with van der Waals surface area (Å²) in [6.45, 7) is 2.03. The molecule has 1 heterocycles. The van der Waals surface area contributed by atoms with E-state index in [4.69, 9.17) is 9.47 Å². The highest BCUT2D eigenvalue weighted by Gasteiger charge is 2.17. The summed E-state index contributed by atoms with van der Waals surface area (Å²) in [6.07, 6.45) is 1.89. The summed E-state index contributed by atoms with van der Waals surface area (Å²) in [7, 11) is 3.15. The number of benzene rings is 2. The molecule has 3 rings (SSSR count). The second-order valence-electron chi connectivity index (χ2n) is 4.92. The molecule has 0 spiro atoms. The smallest absolute Gasteiger partial charge is 0.207 e. The third-order valence-electron chi connectivity index (χ3n) is 3.61. The SMILES string of the molecule is COc1ccc2cn(-c3ccc(C)cc3)c(O)c2c1OC. The van der Waals surface area contributed by atoms with Gasteiger partial charge in [-0.3, -0.25) is 4.57 Å². The number of aromatic hydroxyl groups is 1. The molecule has 0 fully saturated rings. The fraction of sp³-hybridized carbons (Fsp3) is 0.176. The quantitative estimate of drug-likeness (QED) is 0.797. The fourth-order valence-corrected chi connectivity index (χ4v) is 2.50. The van der Waals surface area contributed by atoms with Gasteiger partial charge in [-0.1, -0.05) is 17.7 Å². The summed E-state index contributed by atoms with van der Waals surface area (Å²) in [5.74, 6) is 1.28. The van der Waals surface area contributed by atoms with Gasteiger partial charge in [-0.05, 0) is 31.2 Å². The summed E-state index contributed by atoms with van der Waals surface area (Å²) < 4.78 is 12.4. The van der Waals surface area contributed by atoms with Crippen molar-refractivity contribution >= 4 is 10.8 Å². The van der Waals surface area contributed by atoms with Crippen LogP contribution in [0.4, 0.5) is 0 Å². The average molecular weight is 283 g/mol. The lowest BCUT2D eigenvalue weighted by Gasteiger charge is -2.09. The summed E-state index contributed by atoms with van der Waals surface area (Å²) in [4.78, 5) is 0. The van der Waals surface area contributed by atoms with Crippen LogP contribution >= 0.6 is 0 Å². The van der Waals surface area contributed by atoms with Crippen LogP contribution in [0.2, 0.25) is 0 Å². The van der Waals surface area contributed by atoms with Crippen LogP contribution in [0.25, 0.3) is 16.5 Å². The van der Waals surface area contributed by atoms with Crippen LogP contribution in [0.3, 0.4) is 0 Å². The van der Waals surface area contributed by atoms with Crippen LogP contribution in [0.5, 0.6) is 17.4 Å². The van der Waals surface area contributed by atoms with Crippen molar-refractivity contribution in [3.63, 3.8) is 0 Å². The van der Waals surface area contributed by atoms with Gasteiger partial charge in [0.2, 0.25) is 5.88 Å².